The van der Waals surface area contributed by atoms with Crippen LogP contribution in [0.15, 0.2) is 24.3 Å². The molecule has 3 unspecified atom stereocenters. The molecule has 1 aromatic carbocycles. The first-order valence-electron chi connectivity index (χ1n) is 10.9. The van der Waals surface area contributed by atoms with Crippen molar-refractivity contribution >= 4 is 29.3 Å². The van der Waals surface area contributed by atoms with Crippen LogP contribution in [-0.4, -0.2) is 78.2 Å². The van der Waals surface area contributed by atoms with E-state index < -0.39 is 17.3 Å². The number of hydrogen-bond acceptors (Lipinski definition) is 8. The second-order valence-corrected chi connectivity index (χ2v) is 8.93. The Labute approximate surface area is 188 Å². The van der Waals surface area contributed by atoms with Crippen molar-refractivity contribution in [3.63, 3.8) is 0 Å². The second kappa shape index (κ2) is 11.4. The van der Waals surface area contributed by atoms with Crippen LogP contribution in [0.4, 0.5) is 5.69 Å². The van der Waals surface area contributed by atoms with Crippen molar-refractivity contribution in [2.45, 2.75) is 31.0 Å². The Kier molecular flexibility index (Phi) is 8.58. The summed E-state index contributed by atoms with van der Waals surface area (Å²) in [7, 11) is 0. The lowest BCUT2D eigenvalue weighted by Crippen LogP contribution is -2.42. The maximum absolute atomic E-state index is 12.9. The molecule has 0 aliphatic carbocycles. The normalized spacial score (nSPS) is 22.7. The number of benzene rings is 1. The van der Waals surface area contributed by atoms with Crippen LogP contribution >= 0.6 is 11.8 Å². The van der Waals surface area contributed by atoms with Gasteiger partial charge in [0.05, 0.1) is 12.7 Å². The zero-order chi connectivity index (χ0) is 22.2. The molecule has 1 amide bonds. The van der Waals surface area contributed by atoms with Crippen LogP contribution in [0, 0.1) is 17.2 Å². The highest BCUT2D eigenvalue weighted by Gasteiger charge is 2.46. The minimum absolute atomic E-state index is 0.0495. The molecule has 8 nitrogen and oxygen atoms in total. The Morgan fingerprint density at radius 1 is 1.39 bits per heavy atom. The third-order valence-corrected chi connectivity index (χ3v) is 7.01. The molecule has 0 spiro atoms. The molecule has 0 aromatic heterocycles. The monoisotopic (exact) mass is 445 g/mol. The van der Waals surface area contributed by atoms with Gasteiger partial charge >= 0.3 is 5.97 Å². The molecule has 2 saturated heterocycles. The van der Waals surface area contributed by atoms with Crippen LogP contribution in [0.25, 0.3) is 0 Å². The predicted octanol–water partition coefficient (Wildman–Crippen LogP) is 1.50. The average Bonchev–Trinajstić information content (AvgIpc) is 3.09. The topological polar surface area (TPSA) is 97.7 Å². The van der Waals surface area contributed by atoms with E-state index in [-0.39, 0.29) is 17.8 Å². The van der Waals surface area contributed by atoms with Gasteiger partial charge in [0.2, 0.25) is 5.91 Å². The van der Waals surface area contributed by atoms with E-state index in [9.17, 15) is 14.9 Å². The smallest absolute Gasteiger partial charge is 0.326 e. The largest absolute Gasteiger partial charge is 0.465 e. The number of thioether (sulfide) groups is 1. The first-order valence-corrected chi connectivity index (χ1v) is 11.8. The molecule has 9 heteroatoms. The summed E-state index contributed by atoms with van der Waals surface area (Å²) in [6.45, 7) is 9.69. The number of carbonyl (C=O) groups is 2. The summed E-state index contributed by atoms with van der Waals surface area (Å²) in [6.07, 6.45) is 0. The minimum Gasteiger partial charge on any atom is -0.465 e. The zero-order valence-electron chi connectivity index (χ0n) is 18.2. The van der Waals surface area contributed by atoms with Crippen LogP contribution in [0.2, 0.25) is 0 Å². The lowest BCUT2D eigenvalue weighted by Gasteiger charge is -2.27. The van der Waals surface area contributed by atoms with Gasteiger partial charge in [0.1, 0.15) is 10.6 Å². The van der Waals surface area contributed by atoms with E-state index in [1.54, 1.807) is 11.8 Å². The number of nitrogens with zero attached hydrogens (tertiary/aromatic N) is 3. The first kappa shape index (κ1) is 23.4. The number of amides is 1. The predicted molar refractivity (Wildman–Crippen MR) is 121 cm³/mol. The number of ether oxygens (including phenoxy) is 1. The van der Waals surface area contributed by atoms with Gasteiger partial charge in [-0.05, 0) is 31.5 Å². The van der Waals surface area contributed by atoms with E-state index in [2.05, 4.69) is 27.7 Å². The third-order valence-electron chi connectivity index (χ3n) is 5.51. The SMILES string of the molecule is CCOC(=O)C(C#N)C1SC(CNc2cccc(CN3CCNCC3)c2)C(=O)N1CC. The van der Waals surface area contributed by atoms with E-state index >= 15 is 0 Å². The summed E-state index contributed by atoms with van der Waals surface area (Å²) in [5.74, 6) is -1.60. The van der Waals surface area contributed by atoms with E-state index in [1.165, 1.54) is 17.3 Å². The molecule has 0 bridgehead atoms. The van der Waals surface area contributed by atoms with Crippen LogP contribution in [0.5, 0.6) is 0 Å². The van der Waals surface area contributed by atoms with Crippen molar-refractivity contribution in [3.05, 3.63) is 29.8 Å². The van der Waals surface area contributed by atoms with Crippen LogP contribution < -0.4 is 10.6 Å². The van der Waals surface area contributed by atoms with E-state index in [4.69, 9.17) is 4.74 Å². The Morgan fingerprint density at radius 3 is 2.84 bits per heavy atom. The van der Waals surface area contributed by atoms with Gasteiger partial charge in [-0.15, -0.1) is 11.8 Å². The van der Waals surface area contributed by atoms with Gasteiger partial charge in [0, 0.05) is 51.5 Å². The zero-order valence-corrected chi connectivity index (χ0v) is 19.0. The average molecular weight is 446 g/mol. The molecule has 2 fully saturated rings. The molecular weight excluding hydrogens is 414 g/mol. The van der Waals surface area contributed by atoms with Crippen molar-refractivity contribution in [1.29, 1.82) is 5.26 Å². The maximum Gasteiger partial charge on any atom is 0.326 e. The van der Waals surface area contributed by atoms with Crippen molar-refractivity contribution < 1.29 is 14.3 Å². The summed E-state index contributed by atoms with van der Waals surface area (Å²) in [6, 6.07) is 10.3. The highest BCUT2D eigenvalue weighted by Crippen LogP contribution is 2.36. The van der Waals surface area contributed by atoms with Crippen LogP contribution in [0.1, 0.15) is 19.4 Å². The summed E-state index contributed by atoms with van der Waals surface area (Å²) in [5.41, 5.74) is 2.20. The number of hydrogen-bond donors (Lipinski definition) is 2. The molecule has 0 radical (unpaired) electrons. The van der Waals surface area contributed by atoms with E-state index in [0.29, 0.717) is 13.1 Å². The molecule has 1 aromatic rings. The molecule has 168 valence electrons. The second-order valence-electron chi connectivity index (χ2n) is 7.61. The van der Waals surface area contributed by atoms with Gasteiger partial charge in [-0.1, -0.05) is 12.1 Å². The fourth-order valence-corrected chi connectivity index (χ4v) is 5.42. The molecule has 3 rings (SSSR count). The number of carbonyl (C=O) groups excluding carboxylic acids is 2. The number of nitrogens with one attached hydrogen (secondary N) is 2. The first-order chi connectivity index (χ1) is 15.1. The third kappa shape index (κ3) is 5.91. The standard InChI is InChI=1S/C22H31N5O3S/c1-3-27-20(28)19(31-21(27)18(13-23)22(29)30-4-2)14-25-17-7-5-6-16(12-17)15-26-10-8-24-9-11-26/h5-7,12,18-19,21,24-25H,3-4,8-11,14-15H2,1-2H3. The van der Waals surface area contributed by atoms with Gasteiger partial charge in [0.15, 0.2) is 5.92 Å². The maximum atomic E-state index is 12.9. The molecule has 2 aliphatic heterocycles. The quantitative estimate of drug-likeness (QED) is 0.552. The fraction of sp³-hybridized carbons (Fsp3) is 0.591. The number of anilines is 1. The van der Waals surface area contributed by atoms with Crippen LogP contribution in [-0.2, 0) is 20.9 Å². The Morgan fingerprint density at radius 2 is 2.16 bits per heavy atom. The molecule has 2 aliphatic rings. The fourth-order valence-electron chi connectivity index (χ4n) is 3.92. The highest BCUT2D eigenvalue weighted by atomic mass is 32.2. The molecule has 31 heavy (non-hydrogen) atoms. The summed E-state index contributed by atoms with van der Waals surface area (Å²) < 4.78 is 5.04. The summed E-state index contributed by atoms with van der Waals surface area (Å²) >= 11 is 1.37. The molecule has 0 saturated carbocycles. The number of piperazine rings is 1. The van der Waals surface area contributed by atoms with Gasteiger partial charge in [-0.3, -0.25) is 14.5 Å². The van der Waals surface area contributed by atoms with Crippen molar-refractivity contribution in [3.8, 4) is 6.07 Å². The molecule has 2 N–H and O–H groups in total. The highest BCUT2D eigenvalue weighted by molar-refractivity contribution is 8.01. The Bertz CT molecular complexity index is 809. The van der Waals surface area contributed by atoms with Gasteiger partial charge in [0.25, 0.3) is 0 Å². The number of nitriles is 1. The summed E-state index contributed by atoms with van der Waals surface area (Å²) in [4.78, 5) is 29.1. The van der Waals surface area contributed by atoms with Gasteiger partial charge in [-0.2, -0.15) is 5.26 Å². The molecule has 3 atom stereocenters. The Balaban J connectivity index is 1.61. The van der Waals surface area contributed by atoms with E-state index in [0.717, 1.165) is 38.4 Å². The van der Waals surface area contributed by atoms with Gasteiger partial charge < -0.3 is 20.3 Å². The van der Waals surface area contributed by atoms with Gasteiger partial charge in [-0.25, -0.2) is 0 Å². The van der Waals surface area contributed by atoms with Crippen LogP contribution in [0.3, 0.4) is 0 Å². The summed E-state index contributed by atoms with van der Waals surface area (Å²) in [5, 5.41) is 15.4. The number of rotatable bonds is 9. The van der Waals surface area contributed by atoms with Crippen molar-refractivity contribution in [1.82, 2.24) is 15.1 Å². The minimum atomic E-state index is -0.985. The van der Waals surface area contributed by atoms with E-state index in [1.807, 2.05) is 25.1 Å². The molecule has 2 heterocycles. The van der Waals surface area contributed by atoms with Crippen molar-refractivity contribution in [2.24, 2.45) is 5.92 Å². The molecular formula is C22H31N5O3S. The van der Waals surface area contributed by atoms with Crippen molar-refractivity contribution in [2.75, 3.05) is 51.2 Å². The number of esters is 1. The Hall–Kier alpha value is -2.28. The lowest BCUT2D eigenvalue weighted by molar-refractivity contribution is -0.147. The lowest BCUT2D eigenvalue weighted by atomic mass is 10.1.